The second-order valence-corrected chi connectivity index (χ2v) is 8.47. The van der Waals surface area contributed by atoms with Crippen molar-refractivity contribution in [2.45, 2.75) is 53.7 Å². The van der Waals surface area contributed by atoms with Crippen molar-refractivity contribution >= 4 is 23.4 Å². The highest BCUT2D eigenvalue weighted by Crippen LogP contribution is 2.32. The third-order valence-corrected chi connectivity index (χ3v) is 5.96. The summed E-state index contributed by atoms with van der Waals surface area (Å²) >= 11 is 0. The Hall–Kier alpha value is -2.78. The van der Waals surface area contributed by atoms with Crippen LogP contribution in [0.1, 0.15) is 53.3 Å². The average molecular weight is 435 g/mol. The third-order valence-electron chi connectivity index (χ3n) is 5.96. The lowest BCUT2D eigenvalue weighted by Gasteiger charge is -2.13. The van der Waals surface area contributed by atoms with E-state index in [-0.39, 0.29) is 12.4 Å². The number of nitrogens with zero attached hydrogens (tertiary/aromatic N) is 2. The fraction of sp³-hybridized carbons (Fsp3) is 0.296. The molecule has 2 aromatic heterocycles. The van der Waals surface area contributed by atoms with Gasteiger partial charge in [-0.25, -0.2) is 0 Å². The number of pyridine rings is 1. The van der Waals surface area contributed by atoms with Crippen LogP contribution < -0.4 is 4.74 Å². The molecule has 4 heteroatoms. The molecule has 2 heterocycles. The van der Waals surface area contributed by atoms with E-state index in [0.29, 0.717) is 12.5 Å². The van der Waals surface area contributed by atoms with Crippen molar-refractivity contribution < 1.29 is 4.74 Å². The predicted octanol–water partition coefficient (Wildman–Crippen LogP) is 7.13. The lowest BCUT2D eigenvalue weighted by atomic mass is 10.0. The van der Waals surface area contributed by atoms with Gasteiger partial charge in [0.15, 0.2) is 0 Å². The lowest BCUT2D eigenvalue weighted by Crippen LogP contribution is -2.04. The zero-order valence-corrected chi connectivity index (χ0v) is 19.8. The minimum Gasteiger partial charge on any atom is -0.487 e. The maximum absolute atomic E-state index is 6.31. The Morgan fingerprint density at radius 3 is 2.16 bits per heavy atom. The summed E-state index contributed by atoms with van der Waals surface area (Å²) < 4.78 is 8.64. The summed E-state index contributed by atoms with van der Waals surface area (Å²) in [5.74, 6) is 1.42. The molecule has 0 unspecified atom stereocenters. The number of halogens is 1. The highest BCUT2D eigenvalue weighted by molar-refractivity contribution is 5.86. The van der Waals surface area contributed by atoms with Gasteiger partial charge in [-0.2, -0.15) is 0 Å². The van der Waals surface area contributed by atoms with E-state index in [9.17, 15) is 0 Å². The van der Waals surface area contributed by atoms with Crippen LogP contribution in [-0.4, -0.2) is 9.55 Å². The van der Waals surface area contributed by atoms with Gasteiger partial charge in [0, 0.05) is 24.5 Å². The van der Waals surface area contributed by atoms with Crippen LogP contribution in [0.15, 0.2) is 60.8 Å². The highest BCUT2D eigenvalue weighted by atomic mass is 35.5. The van der Waals surface area contributed by atoms with Crippen molar-refractivity contribution in [2.75, 3.05) is 0 Å². The van der Waals surface area contributed by atoms with Gasteiger partial charge in [-0.3, -0.25) is 4.98 Å². The lowest BCUT2D eigenvalue weighted by molar-refractivity contribution is 0.308. The van der Waals surface area contributed by atoms with E-state index >= 15 is 0 Å². The molecule has 0 spiro atoms. The molecular weight excluding hydrogens is 404 g/mol. The Kier molecular flexibility index (Phi) is 7.07. The summed E-state index contributed by atoms with van der Waals surface area (Å²) in [6.45, 7) is 12.2. The number of fused-ring (bicyclic) bond motifs is 1. The van der Waals surface area contributed by atoms with Crippen LogP contribution in [0.3, 0.4) is 0 Å². The maximum atomic E-state index is 6.31. The van der Waals surface area contributed by atoms with E-state index in [1.54, 1.807) is 0 Å². The van der Waals surface area contributed by atoms with Crippen LogP contribution in [-0.2, 0) is 13.2 Å². The summed E-state index contributed by atoms with van der Waals surface area (Å²) in [5, 5.41) is 0. The van der Waals surface area contributed by atoms with E-state index in [4.69, 9.17) is 4.74 Å². The topological polar surface area (TPSA) is 27.1 Å². The highest BCUT2D eigenvalue weighted by Gasteiger charge is 2.17. The van der Waals surface area contributed by atoms with Gasteiger partial charge in [0.2, 0.25) is 0 Å². The van der Waals surface area contributed by atoms with E-state index in [1.165, 1.54) is 33.5 Å². The van der Waals surface area contributed by atoms with E-state index in [2.05, 4.69) is 92.7 Å². The van der Waals surface area contributed by atoms with Gasteiger partial charge in [-0.05, 0) is 48.9 Å². The Bertz CT molecular complexity index is 1160. The Morgan fingerprint density at radius 1 is 0.871 bits per heavy atom. The largest absolute Gasteiger partial charge is 0.487 e. The van der Waals surface area contributed by atoms with Crippen LogP contribution in [0, 0.1) is 20.8 Å². The summed E-state index contributed by atoms with van der Waals surface area (Å²) in [6.07, 6.45) is 1.85. The van der Waals surface area contributed by atoms with E-state index in [1.807, 2.05) is 12.3 Å². The minimum atomic E-state index is 0. The molecular formula is C27H31ClN2O. The summed E-state index contributed by atoms with van der Waals surface area (Å²) in [7, 11) is 0. The smallest absolute Gasteiger partial charge is 0.147 e. The molecule has 0 N–H and O–H groups in total. The molecule has 0 amide bonds. The van der Waals surface area contributed by atoms with Crippen molar-refractivity contribution in [3.8, 4) is 5.75 Å². The summed E-state index contributed by atoms with van der Waals surface area (Å²) in [4.78, 5) is 4.66. The van der Waals surface area contributed by atoms with Crippen molar-refractivity contribution in [1.82, 2.24) is 9.55 Å². The molecule has 0 aliphatic heterocycles. The Morgan fingerprint density at radius 2 is 1.52 bits per heavy atom. The first-order valence-electron chi connectivity index (χ1n) is 10.7. The Balaban J connectivity index is 0.00000272. The van der Waals surface area contributed by atoms with Gasteiger partial charge in [-0.1, -0.05) is 67.9 Å². The van der Waals surface area contributed by atoms with Crippen LogP contribution >= 0.6 is 12.4 Å². The fourth-order valence-electron chi connectivity index (χ4n) is 3.86. The van der Waals surface area contributed by atoms with E-state index in [0.717, 1.165) is 23.3 Å². The standard InChI is InChI=1S/C27H30N2O.ClH/c1-18(2)24-12-10-23(11-13-24)17-30-25-14-15-28-26-20(4)21(5)29(27(25)26)16-22-8-6-19(3)7-9-22;/h6-15,18H,16-17H2,1-5H3;1H. The number of rotatable bonds is 6. The molecule has 0 bridgehead atoms. The minimum absolute atomic E-state index is 0. The zero-order valence-electron chi connectivity index (χ0n) is 19.0. The SMILES string of the molecule is Cc1ccc(Cn2c(C)c(C)c3nccc(OCc4ccc(C(C)C)cc4)c32)cc1.Cl. The van der Waals surface area contributed by atoms with Crippen LogP contribution in [0.25, 0.3) is 11.0 Å². The number of aromatic nitrogens is 2. The first-order valence-corrected chi connectivity index (χ1v) is 10.7. The molecule has 31 heavy (non-hydrogen) atoms. The maximum Gasteiger partial charge on any atom is 0.147 e. The van der Waals surface area contributed by atoms with Gasteiger partial charge >= 0.3 is 0 Å². The van der Waals surface area contributed by atoms with E-state index < -0.39 is 0 Å². The molecule has 0 saturated carbocycles. The van der Waals surface area contributed by atoms with Crippen molar-refractivity contribution in [3.05, 3.63) is 94.3 Å². The van der Waals surface area contributed by atoms with Crippen molar-refractivity contribution in [2.24, 2.45) is 0 Å². The first kappa shape index (κ1) is 22.9. The molecule has 0 atom stereocenters. The number of aryl methyl sites for hydroxylation is 2. The number of benzene rings is 2. The molecule has 3 nitrogen and oxygen atoms in total. The molecule has 0 aliphatic rings. The van der Waals surface area contributed by atoms with Crippen LogP contribution in [0.4, 0.5) is 0 Å². The molecule has 0 fully saturated rings. The average Bonchev–Trinajstić information content (AvgIpc) is 2.99. The molecule has 4 aromatic rings. The van der Waals surface area contributed by atoms with Gasteiger partial charge < -0.3 is 9.30 Å². The van der Waals surface area contributed by atoms with Gasteiger partial charge in [0.25, 0.3) is 0 Å². The summed E-state index contributed by atoms with van der Waals surface area (Å²) in [6, 6.07) is 19.4. The fourth-order valence-corrected chi connectivity index (χ4v) is 3.86. The quantitative estimate of drug-likeness (QED) is 0.322. The van der Waals surface area contributed by atoms with Gasteiger partial charge in [-0.15, -0.1) is 12.4 Å². The normalized spacial score (nSPS) is 11.0. The second kappa shape index (κ2) is 9.57. The monoisotopic (exact) mass is 434 g/mol. The molecule has 4 rings (SSSR count). The zero-order chi connectivity index (χ0) is 21.3. The number of ether oxygens (including phenoxy) is 1. The molecule has 0 aliphatic carbocycles. The molecule has 162 valence electrons. The molecule has 2 aromatic carbocycles. The number of hydrogen-bond acceptors (Lipinski definition) is 2. The second-order valence-electron chi connectivity index (χ2n) is 8.47. The summed E-state index contributed by atoms with van der Waals surface area (Å²) in [5.41, 5.74) is 9.62. The van der Waals surface area contributed by atoms with Gasteiger partial charge in [0.1, 0.15) is 17.9 Å². The number of hydrogen-bond donors (Lipinski definition) is 0. The first-order chi connectivity index (χ1) is 14.4. The molecule has 0 radical (unpaired) electrons. The van der Waals surface area contributed by atoms with Crippen molar-refractivity contribution in [1.29, 1.82) is 0 Å². The predicted molar refractivity (Wildman–Crippen MR) is 132 cm³/mol. The Labute approximate surface area is 191 Å². The van der Waals surface area contributed by atoms with Crippen LogP contribution in [0.2, 0.25) is 0 Å². The van der Waals surface area contributed by atoms with Crippen LogP contribution in [0.5, 0.6) is 5.75 Å². The third kappa shape index (κ3) is 4.77. The van der Waals surface area contributed by atoms with Crippen molar-refractivity contribution in [3.63, 3.8) is 0 Å². The molecule has 0 saturated heterocycles. The van der Waals surface area contributed by atoms with Gasteiger partial charge in [0.05, 0.1) is 5.52 Å².